The first kappa shape index (κ1) is 14.0. The molecule has 0 aromatic heterocycles. The molecule has 0 spiro atoms. The van der Waals surface area contributed by atoms with E-state index >= 15 is 0 Å². The molecule has 2 rings (SSSR count). The van der Waals surface area contributed by atoms with Crippen LogP contribution in [0, 0.1) is 0 Å². The molecular formula is C15H23N3O. The molecule has 0 radical (unpaired) electrons. The Hall–Kier alpha value is -1.39. The average molecular weight is 261 g/mol. The average Bonchev–Trinajstić information content (AvgIpc) is 2.47. The second-order valence-electron chi connectivity index (χ2n) is 5.10. The molecule has 1 fully saturated rings. The number of benzene rings is 1. The maximum absolute atomic E-state index is 11.9. The van der Waals surface area contributed by atoms with E-state index in [4.69, 9.17) is 0 Å². The number of amides is 1. The zero-order valence-electron chi connectivity index (χ0n) is 11.6. The first-order valence-electron chi connectivity index (χ1n) is 7.01. The molecule has 4 heteroatoms. The van der Waals surface area contributed by atoms with Crippen LogP contribution in [0.1, 0.15) is 18.9 Å². The minimum atomic E-state index is 0.134. The molecule has 104 valence electrons. The van der Waals surface area contributed by atoms with Gasteiger partial charge in [-0.2, -0.15) is 0 Å². The maximum Gasteiger partial charge on any atom is 0.221 e. The van der Waals surface area contributed by atoms with Crippen LogP contribution in [0.25, 0.3) is 0 Å². The highest BCUT2D eigenvalue weighted by Gasteiger charge is 2.18. The van der Waals surface area contributed by atoms with Crippen LogP contribution in [0.15, 0.2) is 30.3 Å². The highest BCUT2D eigenvalue weighted by molar-refractivity contribution is 5.76. The van der Waals surface area contributed by atoms with Crippen molar-refractivity contribution in [3.63, 3.8) is 0 Å². The maximum atomic E-state index is 11.9. The molecule has 1 aliphatic heterocycles. The Labute approximate surface area is 115 Å². The zero-order chi connectivity index (χ0) is 13.5. The number of piperazine rings is 1. The van der Waals surface area contributed by atoms with E-state index in [1.807, 2.05) is 30.3 Å². The van der Waals surface area contributed by atoms with Gasteiger partial charge in [0.1, 0.15) is 0 Å². The number of rotatable bonds is 5. The summed E-state index contributed by atoms with van der Waals surface area (Å²) in [6.45, 7) is 6.87. The second-order valence-corrected chi connectivity index (χ2v) is 5.10. The number of carbonyl (C=O) groups is 1. The van der Waals surface area contributed by atoms with Gasteiger partial charge in [0.05, 0.1) is 0 Å². The molecule has 1 amide bonds. The van der Waals surface area contributed by atoms with Crippen LogP contribution in [0.3, 0.4) is 0 Å². The summed E-state index contributed by atoms with van der Waals surface area (Å²) in [4.78, 5) is 14.3. The predicted octanol–water partition coefficient (Wildman–Crippen LogP) is 0.987. The molecule has 0 bridgehead atoms. The van der Waals surface area contributed by atoms with Gasteiger partial charge >= 0.3 is 0 Å². The molecule has 1 aliphatic rings. The van der Waals surface area contributed by atoms with Crippen molar-refractivity contribution >= 4 is 5.91 Å². The van der Waals surface area contributed by atoms with Gasteiger partial charge < -0.3 is 10.6 Å². The number of nitrogens with one attached hydrogen (secondary N) is 2. The van der Waals surface area contributed by atoms with E-state index in [1.54, 1.807) is 0 Å². The molecule has 0 saturated carbocycles. The van der Waals surface area contributed by atoms with E-state index < -0.39 is 0 Å². The lowest BCUT2D eigenvalue weighted by atomic mass is 10.1. The van der Waals surface area contributed by atoms with Crippen molar-refractivity contribution in [3.8, 4) is 0 Å². The standard InChI is InChI=1S/C15H23N3O/c1-13(18-9-7-16-8-10-18)11-15(19)17-12-14-5-3-2-4-6-14/h2-6,13,16H,7-12H2,1H3,(H,17,19). The van der Waals surface area contributed by atoms with Gasteiger partial charge in [-0.15, -0.1) is 0 Å². The molecule has 1 aromatic carbocycles. The van der Waals surface area contributed by atoms with Gasteiger partial charge in [0.25, 0.3) is 0 Å². The van der Waals surface area contributed by atoms with Crippen molar-refractivity contribution in [2.45, 2.75) is 25.9 Å². The normalized spacial score (nSPS) is 17.9. The van der Waals surface area contributed by atoms with E-state index in [0.29, 0.717) is 19.0 Å². The smallest absolute Gasteiger partial charge is 0.221 e. The van der Waals surface area contributed by atoms with Crippen LogP contribution in [-0.2, 0) is 11.3 Å². The summed E-state index contributed by atoms with van der Waals surface area (Å²) >= 11 is 0. The molecule has 1 unspecified atom stereocenters. The SMILES string of the molecule is CC(CC(=O)NCc1ccccc1)N1CCNCC1. The molecule has 0 aliphatic carbocycles. The fourth-order valence-corrected chi connectivity index (χ4v) is 2.39. The third kappa shape index (κ3) is 4.65. The Balaban J connectivity index is 1.71. The van der Waals surface area contributed by atoms with Crippen molar-refractivity contribution in [2.24, 2.45) is 0 Å². The quantitative estimate of drug-likeness (QED) is 0.830. The number of carbonyl (C=O) groups excluding carboxylic acids is 1. The molecule has 4 nitrogen and oxygen atoms in total. The Morgan fingerprint density at radius 1 is 1.32 bits per heavy atom. The summed E-state index contributed by atoms with van der Waals surface area (Å²) in [7, 11) is 0. The topological polar surface area (TPSA) is 44.4 Å². The van der Waals surface area contributed by atoms with Gasteiger partial charge in [-0.25, -0.2) is 0 Å². The molecular weight excluding hydrogens is 238 g/mol. The van der Waals surface area contributed by atoms with E-state index in [0.717, 1.165) is 31.7 Å². The summed E-state index contributed by atoms with van der Waals surface area (Å²) in [5.41, 5.74) is 1.14. The number of hydrogen-bond acceptors (Lipinski definition) is 3. The van der Waals surface area contributed by atoms with Crippen molar-refractivity contribution in [1.82, 2.24) is 15.5 Å². The first-order valence-corrected chi connectivity index (χ1v) is 7.01. The first-order chi connectivity index (χ1) is 9.25. The van der Waals surface area contributed by atoms with E-state index in [1.165, 1.54) is 0 Å². The summed E-state index contributed by atoms with van der Waals surface area (Å²) in [5, 5.41) is 6.32. The van der Waals surface area contributed by atoms with Crippen LogP contribution >= 0.6 is 0 Å². The molecule has 1 atom stereocenters. The van der Waals surface area contributed by atoms with Crippen molar-refractivity contribution in [3.05, 3.63) is 35.9 Å². The van der Waals surface area contributed by atoms with Crippen molar-refractivity contribution in [2.75, 3.05) is 26.2 Å². The van der Waals surface area contributed by atoms with E-state index in [9.17, 15) is 4.79 Å². The second kappa shape index (κ2) is 7.26. The minimum absolute atomic E-state index is 0.134. The minimum Gasteiger partial charge on any atom is -0.352 e. The number of nitrogens with zero attached hydrogens (tertiary/aromatic N) is 1. The van der Waals surface area contributed by atoms with Gasteiger partial charge in [-0.1, -0.05) is 30.3 Å². The summed E-state index contributed by atoms with van der Waals surface area (Å²) < 4.78 is 0. The van der Waals surface area contributed by atoms with Crippen molar-refractivity contribution in [1.29, 1.82) is 0 Å². The molecule has 2 N–H and O–H groups in total. The Kier molecular flexibility index (Phi) is 5.36. The van der Waals surface area contributed by atoms with E-state index in [2.05, 4.69) is 22.5 Å². The molecule has 1 aromatic rings. The van der Waals surface area contributed by atoms with Gasteiger partial charge in [0.2, 0.25) is 5.91 Å². The lowest BCUT2D eigenvalue weighted by molar-refractivity contribution is -0.122. The van der Waals surface area contributed by atoms with E-state index in [-0.39, 0.29) is 5.91 Å². The van der Waals surface area contributed by atoms with Crippen molar-refractivity contribution < 1.29 is 4.79 Å². The van der Waals surface area contributed by atoms with Crippen LogP contribution in [-0.4, -0.2) is 43.0 Å². The van der Waals surface area contributed by atoms with Crippen LogP contribution in [0.2, 0.25) is 0 Å². The largest absolute Gasteiger partial charge is 0.352 e. The van der Waals surface area contributed by atoms with Gasteiger partial charge in [0, 0.05) is 45.2 Å². The fraction of sp³-hybridized carbons (Fsp3) is 0.533. The Bertz CT molecular complexity index is 388. The third-order valence-electron chi connectivity index (χ3n) is 3.59. The summed E-state index contributed by atoms with van der Waals surface area (Å²) in [5.74, 6) is 0.134. The highest BCUT2D eigenvalue weighted by atomic mass is 16.1. The monoisotopic (exact) mass is 261 g/mol. The summed E-state index contributed by atoms with van der Waals surface area (Å²) in [6.07, 6.45) is 0.576. The Morgan fingerprint density at radius 2 is 2.00 bits per heavy atom. The van der Waals surface area contributed by atoms with Crippen LogP contribution < -0.4 is 10.6 Å². The lowest BCUT2D eigenvalue weighted by Crippen LogP contribution is -2.48. The molecule has 19 heavy (non-hydrogen) atoms. The van der Waals surface area contributed by atoms with Gasteiger partial charge in [0.15, 0.2) is 0 Å². The summed E-state index contributed by atoms with van der Waals surface area (Å²) in [6, 6.07) is 10.3. The predicted molar refractivity (Wildman–Crippen MR) is 76.8 cm³/mol. The fourth-order valence-electron chi connectivity index (χ4n) is 2.39. The lowest BCUT2D eigenvalue weighted by Gasteiger charge is -2.32. The third-order valence-corrected chi connectivity index (χ3v) is 3.59. The van der Waals surface area contributed by atoms with Gasteiger partial charge in [-0.05, 0) is 12.5 Å². The molecule has 1 saturated heterocycles. The Morgan fingerprint density at radius 3 is 2.68 bits per heavy atom. The van der Waals surface area contributed by atoms with Gasteiger partial charge in [-0.3, -0.25) is 9.69 Å². The zero-order valence-corrected chi connectivity index (χ0v) is 11.6. The van der Waals surface area contributed by atoms with Crippen LogP contribution in [0.4, 0.5) is 0 Å². The number of hydrogen-bond donors (Lipinski definition) is 2. The van der Waals surface area contributed by atoms with Crippen LogP contribution in [0.5, 0.6) is 0 Å². The molecule has 1 heterocycles. The highest BCUT2D eigenvalue weighted by Crippen LogP contribution is 2.05.